The molecule has 0 radical (unpaired) electrons. The molecule has 2 rings (SSSR count). The zero-order chi connectivity index (χ0) is 12.3. The first-order valence-corrected chi connectivity index (χ1v) is 5.53. The van der Waals surface area contributed by atoms with Crippen LogP contribution in [-0.4, -0.2) is 20.6 Å². The van der Waals surface area contributed by atoms with Crippen molar-refractivity contribution in [2.45, 2.75) is 19.9 Å². The van der Waals surface area contributed by atoms with Gasteiger partial charge in [0.05, 0.1) is 0 Å². The average molecular weight is 230 g/mol. The summed E-state index contributed by atoms with van der Waals surface area (Å²) in [6, 6.07) is 8.16. The lowest BCUT2D eigenvalue weighted by molar-refractivity contribution is 0.0679. The van der Waals surface area contributed by atoms with Crippen molar-refractivity contribution < 1.29 is 9.90 Å². The number of carboxylic acids is 1. The average Bonchev–Trinajstić information content (AvgIpc) is 2.78. The van der Waals surface area contributed by atoms with Crippen LogP contribution in [0.2, 0.25) is 0 Å². The number of carboxylic acid groups (broad SMARTS) is 1. The Hall–Kier alpha value is -2.10. The summed E-state index contributed by atoms with van der Waals surface area (Å²) in [5.74, 6) is -0.926. The van der Waals surface area contributed by atoms with Crippen LogP contribution in [0.25, 0.3) is 0 Å². The Morgan fingerprint density at radius 2 is 1.94 bits per heavy atom. The summed E-state index contributed by atoms with van der Waals surface area (Å²) < 4.78 is 1.63. The molecule has 0 atom stereocenters. The maximum atomic E-state index is 10.9. The molecule has 0 fully saturated rings. The van der Waals surface area contributed by atoms with E-state index in [9.17, 15) is 4.79 Å². The van der Waals surface area contributed by atoms with Gasteiger partial charge in [0.25, 0.3) is 0 Å². The fourth-order valence-corrected chi connectivity index (χ4v) is 1.71. The van der Waals surface area contributed by atoms with E-state index in [4.69, 9.17) is 5.11 Å². The molecular formula is C13H14N2O2. The Balaban J connectivity index is 2.19. The van der Waals surface area contributed by atoms with Crippen molar-refractivity contribution in [3.8, 4) is 0 Å². The fraction of sp³-hybridized carbons (Fsp3) is 0.231. The molecule has 1 heterocycles. The van der Waals surface area contributed by atoms with Crippen molar-refractivity contribution in [1.82, 2.24) is 9.55 Å². The van der Waals surface area contributed by atoms with Gasteiger partial charge in [-0.25, -0.2) is 9.78 Å². The molecule has 0 saturated carbocycles. The van der Waals surface area contributed by atoms with Gasteiger partial charge in [0.15, 0.2) is 0 Å². The van der Waals surface area contributed by atoms with Crippen molar-refractivity contribution >= 4 is 5.97 Å². The van der Waals surface area contributed by atoms with Gasteiger partial charge >= 0.3 is 5.97 Å². The molecular weight excluding hydrogens is 216 g/mol. The molecule has 1 aromatic carbocycles. The highest BCUT2D eigenvalue weighted by Crippen LogP contribution is 2.08. The molecule has 0 aliphatic carbocycles. The molecule has 2 aromatic rings. The van der Waals surface area contributed by atoms with Gasteiger partial charge in [-0.15, -0.1) is 0 Å². The second-order valence-corrected chi connectivity index (χ2v) is 3.85. The number of aromatic nitrogens is 2. The van der Waals surface area contributed by atoms with Crippen LogP contribution in [0.1, 0.15) is 28.7 Å². The highest BCUT2D eigenvalue weighted by atomic mass is 16.4. The lowest BCUT2D eigenvalue weighted by Crippen LogP contribution is -2.10. The lowest BCUT2D eigenvalue weighted by atomic mass is 10.1. The molecule has 0 aliphatic rings. The molecule has 0 saturated heterocycles. The van der Waals surface area contributed by atoms with E-state index in [1.165, 1.54) is 11.8 Å². The first kappa shape index (κ1) is 11.4. The Kier molecular flexibility index (Phi) is 3.23. The Labute approximate surface area is 99.5 Å². The van der Waals surface area contributed by atoms with Crippen LogP contribution in [0.5, 0.6) is 0 Å². The molecule has 0 spiro atoms. The first-order chi connectivity index (χ1) is 8.20. The third-order valence-corrected chi connectivity index (χ3v) is 2.69. The highest BCUT2D eigenvalue weighted by molar-refractivity contribution is 5.83. The summed E-state index contributed by atoms with van der Waals surface area (Å²) in [5.41, 5.74) is 2.35. The second kappa shape index (κ2) is 4.82. The third kappa shape index (κ3) is 2.53. The number of hydrogen-bond acceptors (Lipinski definition) is 2. The summed E-state index contributed by atoms with van der Waals surface area (Å²) in [7, 11) is 0. The van der Waals surface area contributed by atoms with Crippen LogP contribution >= 0.6 is 0 Å². The standard InChI is InChI=1S/C13H14N2O2/c1-2-10-3-5-11(6-4-10)9-15-8-7-14-12(15)13(16)17/h3-8H,2,9H2,1H3,(H,16,17). The molecule has 0 aliphatic heterocycles. The highest BCUT2D eigenvalue weighted by Gasteiger charge is 2.10. The van der Waals surface area contributed by atoms with Crippen LogP contribution in [0.15, 0.2) is 36.7 Å². The normalized spacial score (nSPS) is 10.4. The molecule has 4 heteroatoms. The van der Waals surface area contributed by atoms with E-state index in [1.807, 2.05) is 12.1 Å². The molecule has 1 N–H and O–H groups in total. The molecule has 88 valence electrons. The van der Waals surface area contributed by atoms with Crippen LogP contribution < -0.4 is 0 Å². The van der Waals surface area contributed by atoms with Crippen molar-refractivity contribution in [2.24, 2.45) is 0 Å². The maximum Gasteiger partial charge on any atom is 0.372 e. The summed E-state index contributed by atoms with van der Waals surface area (Å²) in [6.45, 7) is 2.64. The van der Waals surface area contributed by atoms with E-state index in [-0.39, 0.29) is 5.82 Å². The van der Waals surface area contributed by atoms with Gasteiger partial charge < -0.3 is 9.67 Å². The van der Waals surface area contributed by atoms with Crippen LogP contribution in [0, 0.1) is 0 Å². The van der Waals surface area contributed by atoms with Crippen molar-refractivity contribution in [1.29, 1.82) is 0 Å². The minimum atomic E-state index is -1.000. The van der Waals surface area contributed by atoms with Gasteiger partial charge in [-0.3, -0.25) is 0 Å². The monoisotopic (exact) mass is 230 g/mol. The first-order valence-electron chi connectivity index (χ1n) is 5.53. The number of carbonyl (C=O) groups is 1. The Morgan fingerprint density at radius 1 is 1.29 bits per heavy atom. The van der Waals surface area contributed by atoms with E-state index < -0.39 is 5.97 Å². The number of rotatable bonds is 4. The third-order valence-electron chi connectivity index (χ3n) is 2.69. The number of benzene rings is 1. The van der Waals surface area contributed by atoms with E-state index in [1.54, 1.807) is 10.8 Å². The number of nitrogens with zero attached hydrogens (tertiary/aromatic N) is 2. The van der Waals surface area contributed by atoms with E-state index >= 15 is 0 Å². The minimum absolute atomic E-state index is 0.0737. The molecule has 1 aromatic heterocycles. The van der Waals surface area contributed by atoms with Gasteiger partial charge in [-0.1, -0.05) is 31.2 Å². The Bertz CT molecular complexity index is 514. The van der Waals surface area contributed by atoms with Gasteiger partial charge in [0.2, 0.25) is 5.82 Å². The predicted octanol–water partition coefficient (Wildman–Crippen LogP) is 2.19. The topological polar surface area (TPSA) is 55.1 Å². The molecule has 0 unspecified atom stereocenters. The Morgan fingerprint density at radius 3 is 2.53 bits per heavy atom. The fourth-order valence-electron chi connectivity index (χ4n) is 1.71. The SMILES string of the molecule is CCc1ccc(Cn2ccnc2C(=O)O)cc1. The zero-order valence-corrected chi connectivity index (χ0v) is 9.63. The molecule has 4 nitrogen and oxygen atoms in total. The number of aromatic carboxylic acids is 1. The number of hydrogen-bond donors (Lipinski definition) is 1. The summed E-state index contributed by atoms with van der Waals surface area (Å²) >= 11 is 0. The summed E-state index contributed by atoms with van der Waals surface area (Å²) in [4.78, 5) is 14.7. The molecule has 0 amide bonds. The lowest BCUT2D eigenvalue weighted by Gasteiger charge is -2.06. The van der Waals surface area contributed by atoms with Gasteiger partial charge in [-0.05, 0) is 17.5 Å². The van der Waals surface area contributed by atoms with Gasteiger partial charge in [0.1, 0.15) is 0 Å². The van der Waals surface area contributed by atoms with E-state index in [0.717, 1.165) is 12.0 Å². The van der Waals surface area contributed by atoms with Crippen molar-refractivity contribution in [2.75, 3.05) is 0 Å². The smallest absolute Gasteiger partial charge is 0.372 e. The second-order valence-electron chi connectivity index (χ2n) is 3.85. The predicted molar refractivity (Wildman–Crippen MR) is 64.1 cm³/mol. The summed E-state index contributed by atoms with van der Waals surface area (Å²) in [6.07, 6.45) is 4.19. The number of aryl methyl sites for hydroxylation is 1. The molecule has 0 bridgehead atoms. The van der Waals surface area contributed by atoms with Gasteiger partial charge in [-0.2, -0.15) is 0 Å². The number of imidazole rings is 1. The maximum absolute atomic E-state index is 10.9. The minimum Gasteiger partial charge on any atom is -0.475 e. The summed E-state index contributed by atoms with van der Waals surface area (Å²) in [5, 5.41) is 8.93. The zero-order valence-electron chi connectivity index (χ0n) is 9.63. The van der Waals surface area contributed by atoms with Crippen molar-refractivity contribution in [3.05, 3.63) is 53.6 Å². The largest absolute Gasteiger partial charge is 0.475 e. The van der Waals surface area contributed by atoms with Crippen LogP contribution in [0.4, 0.5) is 0 Å². The van der Waals surface area contributed by atoms with Gasteiger partial charge in [0, 0.05) is 18.9 Å². The van der Waals surface area contributed by atoms with Crippen LogP contribution in [-0.2, 0) is 13.0 Å². The van der Waals surface area contributed by atoms with E-state index in [2.05, 4.69) is 24.0 Å². The van der Waals surface area contributed by atoms with Crippen LogP contribution in [0.3, 0.4) is 0 Å². The quantitative estimate of drug-likeness (QED) is 0.876. The van der Waals surface area contributed by atoms with Crippen molar-refractivity contribution in [3.63, 3.8) is 0 Å². The molecule has 17 heavy (non-hydrogen) atoms. The van der Waals surface area contributed by atoms with E-state index in [0.29, 0.717) is 6.54 Å².